The zero-order valence-corrected chi connectivity index (χ0v) is 17.4. The van der Waals surface area contributed by atoms with E-state index in [1.54, 1.807) is 18.6 Å². The standard InChI is InChI=1S/C25H21F3N4/c1-17(20-3-2-8-31-24(20)18-4-9-30-10-5-18)32-11-6-25(16-29,7-12-32)15-21-22(27)13-19(26)14-23(21)28/h2-5,8-10,13-14H,1,6-7,11-12,15H2. The number of nitriles is 1. The Morgan fingerprint density at radius 2 is 1.72 bits per heavy atom. The number of halogens is 3. The Morgan fingerprint density at radius 3 is 2.34 bits per heavy atom. The fourth-order valence-electron chi connectivity index (χ4n) is 4.16. The van der Waals surface area contributed by atoms with Crippen LogP contribution in [0.25, 0.3) is 17.0 Å². The van der Waals surface area contributed by atoms with Crippen molar-refractivity contribution in [3.63, 3.8) is 0 Å². The van der Waals surface area contributed by atoms with Gasteiger partial charge in [-0.1, -0.05) is 6.58 Å². The highest BCUT2D eigenvalue weighted by Crippen LogP contribution is 2.39. The van der Waals surface area contributed by atoms with E-state index in [0.29, 0.717) is 38.1 Å². The summed E-state index contributed by atoms with van der Waals surface area (Å²) in [5, 5.41) is 9.85. The van der Waals surface area contributed by atoms with Gasteiger partial charge in [0.25, 0.3) is 0 Å². The minimum Gasteiger partial charge on any atom is -0.371 e. The van der Waals surface area contributed by atoms with Crippen molar-refractivity contribution in [3.8, 4) is 17.3 Å². The quantitative estimate of drug-likeness (QED) is 0.541. The lowest BCUT2D eigenvalue weighted by Crippen LogP contribution is -2.39. The van der Waals surface area contributed by atoms with Gasteiger partial charge in [-0.15, -0.1) is 0 Å². The van der Waals surface area contributed by atoms with Gasteiger partial charge in [0.2, 0.25) is 0 Å². The van der Waals surface area contributed by atoms with Crippen LogP contribution < -0.4 is 0 Å². The molecule has 4 rings (SSSR count). The average Bonchev–Trinajstić information content (AvgIpc) is 2.82. The van der Waals surface area contributed by atoms with E-state index >= 15 is 0 Å². The van der Waals surface area contributed by atoms with Crippen molar-refractivity contribution in [2.24, 2.45) is 5.41 Å². The number of hydrogen-bond acceptors (Lipinski definition) is 4. The third kappa shape index (κ3) is 4.22. The van der Waals surface area contributed by atoms with Gasteiger partial charge in [-0.3, -0.25) is 9.97 Å². The number of rotatable bonds is 5. The van der Waals surface area contributed by atoms with E-state index in [-0.39, 0.29) is 12.0 Å². The van der Waals surface area contributed by atoms with Gasteiger partial charge in [-0.2, -0.15) is 5.26 Å². The van der Waals surface area contributed by atoms with Crippen molar-refractivity contribution in [2.45, 2.75) is 19.3 Å². The minimum absolute atomic E-state index is 0.100. The molecule has 0 saturated carbocycles. The maximum Gasteiger partial charge on any atom is 0.132 e. The summed E-state index contributed by atoms with van der Waals surface area (Å²) in [6.45, 7) is 5.26. The molecule has 3 heterocycles. The van der Waals surface area contributed by atoms with Gasteiger partial charge in [-0.05, 0) is 43.5 Å². The second-order valence-corrected chi connectivity index (χ2v) is 7.99. The Hall–Kier alpha value is -3.66. The molecular formula is C25H21F3N4. The van der Waals surface area contributed by atoms with Crippen LogP contribution in [0.15, 0.2) is 61.6 Å². The zero-order valence-electron chi connectivity index (χ0n) is 17.4. The Balaban J connectivity index is 1.53. The summed E-state index contributed by atoms with van der Waals surface area (Å²) < 4.78 is 41.6. The number of benzene rings is 1. The third-order valence-corrected chi connectivity index (χ3v) is 6.03. The van der Waals surface area contributed by atoms with E-state index in [9.17, 15) is 18.4 Å². The molecule has 1 aliphatic rings. The first-order valence-corrected chi connectivity index (χ1v) is 10.3. The first-order chi connectivity index (χ1) is 15.4. The monoisotopic (exact) mass is 434 g/mol. The predicted molar refractivity (Wildman–Crippen MR) is 115 cm³/mol. The molecule has 1 aromatic carbocycles. The summed E-state index contributed by atoms with van der Waals surface area (Å²) in [6.07, 6.45) is 5.83. The van der Waals surface area contributed by atoms with Gasteiger partial charge >= 0.3 is 0 Å². The SMILES string of the molecule is C=C(c1cccnc1-c1ccncc1)N1CCC(C#N)(Cc2c(F)cc(F)cc2F)CC1. The molecule has 0 amide bonds. The van der Waals surface area contributed by atoms with Gasteiger partial charge in [0, 0.05) is 66.2 Å². The van der Waals surface area contributed by atoms with Crippen molar-refractivity contribution in [2.75, 3.05) is 13.1 Å². The van der Waals surface area contributed by atoms with Crippen molar-refractivity contribution >= 4 is 5.70 Å². The highest BCUT2D eigenvalue weighted by Gasteiger charge is 2.37. The molecule has 0 bridgehead atoms. The average molecular weight is 434 g/mol. The molecule has 7 heteroatoms. The summed E-state index contributed by atoms with van der Waals surface area (Å²) in [5.41, 5.74) is 2.18. The largest absolute Gasteiger partial charge is 0.371 e. The molecule has 1 fully saturated rings. The summed E-state index contributed by atoms with van der Waals surface area (Å²) in [7, 11) is 0. The summed E-state index contributed by atoms with van der Waals surface area (Å²) in [4.78, 5) is 10.6. The van der Waals surface area contributed by atoms with Crippen LogP contribution in [0.3, 0.4) is 0 Å². The van der Waals surface area contributed by atoms with Gasteiger partial charge in [-0.25, -0.2) is 13.2 Å². The molecule has 1 aliphatic heterocycles. The molecule has 0 unspecified atom stereocenters. The van der Waals surface area contributed by atoms with Crippen LogP contribution in [-0.2, 0) is 6.42 Å². The number of aromatic nitrogens is 2. The van der Waals surface area contributed by atoms with Gasteiger partial charge in [0.1, 0.15) is 17.5 Å². The van der Waals surface area contributed by atoms with Gasteiger partial charge in [0.05, 0.1) is 17.2 Å². The van der Waals surface area contributed by atoms with E-state index in [4.69, 9.17) is 0 Å². The van der Waals surface area contributed by atoms with Crippen molar-refractivity contribution in [3.05, 3.63) is 90.1 Å². The molecular weight excluding hydrogens is 413 g/mol. The van der Waals surface area contributed by atoms with E-state index in [0.717, 1.165) is 22.5 Å². The first-order valence-electron chi connectivity index (χ1n) is 10.3. The second kappa shape index (κ2) is 8.83. The Labute approximate surface area is 184 Å². The van der Waals surface area contributed by atoms with Gasteiger partial charge < -0.3 is 4.90 Å². The molecule has 32 heavy (non-hydrogen) atoms. The van der Waals surface area contributed by atoms with E-state index in [1.807, 2.05) is 24.3 Å². The highest BCUT2D eigenvalue weighted by molar-refractivity contribution is 5.76. The minimum atomic E-state index is -0.970. The van der Waals surface area contributed by atoms with Crippen molar-refractivity contribution in [1.82, 2.24) is 14.9 Å². The number of piperidine rings is 1. The third-order valence-electron chi connectivity index (χ3n) is 6.03. The zero-order chi connectivity index (χ0) is 22.7. The van der Waals surface area contributed by atoms with Crippen LogP contribution in [0, 0.1) is 34.2 Å². The Bertz CT molecular complexity index is 1160. The van der Waals surface area contributed by atoms with E-state index in [2.05, 4.69) is 27.5 Å². The van der Waals surface area contributed by atoms with Crippen LogP contribution in [0.4, 0.5) is 13.2 Å². The molecule has 0 radical (unpaired) electrons. The molecule has 4 nitrogen and oxygen atoms in total. The Morgan fingerprint density at radius 1 is 1.06 bits per heavy atom. The number of pyridine rings is 2. The van der Waals surface area contributed by atoms with Gasteiger partial charge in [0.15, 0.2) is 0 Å². The lowest BCUT2D eigenvalue weighted by atomic mass is 9.74. The summed E-state index contributed by atoms with van der Waals surface area (Å²) >= 11 is 0. The summed E-state index contributed by atoms with van der Waals surface area (Å²) in [6, 6.07) is 11.1. The lowest BCUT2D eigenvalue weighted by molar-refractivity contribution is 0.194. The first kappa shape index (κ1) is 21.6. The number of likely N-dealkylation sites (tertiary alicyclic amines) is 1. The highest BCUT2D eigenvalue weighted by atomic mass is 19.1. The van der Waals surface area contributed by atoms with E-state index in [1.165, 1.54) is 0 Å². The smallest absolute Gasteiger partial charge is 0.132 e. The van der Waals surface area contributed by atoms with Crippen LogP contribution in [-0.4, -0.2) is 28.0 Å². The second-order valence-electron chi connectivity index (χ2n) is 7.99. The maximum absolute atomic E-state index is 14.2. The van der Waals surface area contributed by atoms with E-state index < -0.39 is 22.9 Å². The van der Waals surface area contributed by atoms with Crippen LogP contribution in [0.2, 0.25) is 0 Å². The Kier molecular flexibility index (Phi) is 5.95. The fraction of sp³-hybridized carbons (Fsp3) is 0.240. The molecule has 0 aliphatic carbocycles. The predicted octanol–water partition coefficient (Wildman–Crippen LogP) is 5.38. The lowest BCUT2D eigenvalue weighted by Gasteiger charge is -2.39. The molecule has 0 N–H and O–H groups in total. The molecule has 1 saturated heterocycles. The van der Waals surface area contributed by atoms with Crippen LogP contribution >= 0.6 is 0 Å². The summed E-state index contributed by atoms with van der Waals surface area (Å²) in [5.74, 6) is -2.88. The maximum atomic E-state index is 14.2. The normalized spacial score (nSPS) is 15.2. The number of hydrogen-bond donors (Lipinski definition) is 0. The molecule has 0 atom stereocenters. The molecule has 162 valence electrons. The topological polar surface area (TPSA) is 52.8 Å². The molecule has 3 aromatic rings. The van der Waals surface area contributed by atoms with Crippen molar-refractivity contribution in [1.29, 1.82) is 5.26 Å². The fourth-order valence-corrected chi connectivity index (χ4v) is 4.16. The van der Waals surface area contributed by atoms with Crippen LogP contribution in [0.5, 0.6) is 0 Å². The van der Waals surface area contributed by atoms with Crippen molar-refractivity contribution < 1.29 is 13.2 Å². The molecule has 0 spiro atoms. The number of nitrogens with zero attached hydrogens (tertiary/aromatic N) is 4. The van der Waals surface area contributed by atoms with Crippen LogP contribution in [0.1, 0.15) is 24.0 Å². The molecule has 2 aromatic heterocycles.